The number of H-pyrrole nitrogens is 1. The zero-order chi connectivity index (χ0) is 21.3. The average molecular weight is 421 g/mol. The molecule has 0 saturated heterocycles. The van der Waals surface area contributed by atoms with Gasteiger partial charge in [0.25, 0.3) is 11.1 Å². The standard InChI is InChI=1S/C23H24N4O2S/c1-13(2)16-10-7-8-14(3)20(16)25-21(28)15(4)30-23-27-26-22(29-23)18-12-24-19-11-6-5-9-17(18)19/h5-13,15,24H,1-4H3,(H,25,28)/t15-/m1/s1. The summed E-state index contributed by atoms with van der Waals surface area (Å²) in [4.78, 5) is 16.0. The lowest BCUT2D eigenvalue weighted by atomic mass is 9.98. The zero-order valence-electron chi connectivity index (χ0n) is 17.4. The second-order valence-electron chi connectivity index (χ2n) is 7.56. The molecule has 6 nitrogen and oxygen atoms in total. The van der Waals surface area contributed by atoms with Crippen LogP contribution in [0.5, 0.6) is 0 Å². The highest BCUT2D eigenvalue weighted by Crippen LogP contribution is 2.32. The van der Waals surface area contributed by atoms with Crippen molar-refractivity contribution in [2.75, 3.05) is 5.32 Å². The molecule has 2 aromatic carbocycles. The number of carbonyl (C=O) groups excluding carboxylic acids is 1. The third-order valence-electron chi connectivity index (χ3n) is 5.05. The molecule has 30 heavy (non-hydrogen) atoms. The number of amides is 1. The SMILES string of the molecule is Cc1cccc(C(C)C)c1NC(=O)[C@@H](C)Sc1nnc(-c2c[nH]c3ccccc23)o1. The Morgan fingerprint density at radius 2 is 1.90 bits per heavy atom. The Hall–Kier alpha value is -3.06. The highest BCUT2D eigenvalue weighted by Gasteiger charge is 2.21. The molecule has 0 unspecified atom stereocenters. The first-order valence-electron chi connectivity index (χ1n) is 9.91. The number of rotatable bonds is 6. The Labute approximate surface area is 179 Å². The van der Waals surface area contributed by atoms with Crippen molar-refractivity contribution in [2.45, 2.75) is 44.1 Å². The van der Waals surface area contributed by atoms with Crippen LogP contribution in [-0.2, 0) is 4.79 Å². The highest BCUT2D eigenvalue weighted by atomic mass is 32.2. The van der Waals surface area contributed by atoms with Crippen LogP contribution < -0.4 is 5.32 Å². The third kappa shape index (κ3) is 3.98. The Bertz CT molecular complexity index is 1190. The van der Waals surface area contributed by atoms with Gasteiger partial charge in [0.2, 0.25) is 5.91 Å². The van der Waals surface area contributed by atoms with Crippen molar-refractivity contribution in [3.63, 3.8) is 0 Å². The molecule has 0 saturated carbocycles. The maximum atomic E-state index is 12.8. The Morgan fingerprint density at radius 3 is 2.70 bits per heavy atom. The van der Waals surface area contributed by atoms with Crippen molar-refractivity contribution in [1.29, 1.82) is 0 Å². The predicted molar refractivity (Wildman–Crippen MR) is 121 cm³/mol. The van der Waals surface area contributed by atoms with Gasteiger partial charge < -0.3 is 14.7 Å². The number of aromatic amines is 1. The molecule has 7 heteroatoms. The third-order valence-corrected chi connectivity index (χ3v) is 5.98. The van der Waals surface area contributed by atoms with Gasteiger partial charge in [-0.2, -0.15) is 0 Å². The number of benzene rings is 2. The maximum absolute atomic E-state index is 12.8. The van der Waals surface area contributed by atoms with E-state index in [1.54, 1.807) is 0 Å². The van der Waals surface area contributed by atoms with E-state index in [1.165, 1.54) is 11.8 Å². The molecular formula is C23H24N4O2S. The van der Waals surface area contributed by atoms with Crippen LogP contribution in [0.3, 0.4) is 0 Å². The number of hydrogen-bond acceptors (Lipinski definition) is 5. The minimum Gasteiger partial charge on any atom is -0.411 e. The van der Waals surface area contributed by atoms with Gasteiger partial charge in [0.15, 0.2) is 0 Å². The van der Waals surface area contributed by atoms with Gasteiger partial charge in [-0.1, -0.05) is 62.0 Å². The minimum absolute atomic E-state index is 0.0944. The van der Waals surface area contributed by atoms with Crippen LogP contribution in [0.2, 0.25) is 0 Å². The number of nitrogens with one attached hydrogen (secondary N) is 2. The number of aromatic nitrogens is 3. The lowest BCUT2D eigenvalue weighted by Gasteiger charge is -2.18. The largest absolute Gasteiger partial charge is 0.411 e. The van der Waals surface area contributed by atoms with E-state index in [2.05, 4.69) is 40.4 Å². The summed E-state index contributed by atoms with van der Waals surface area (Å²) in [7, 11) is 0. The van der Waals surface area contributed by atoms with E-state index >= 15 is 0 Å². The van der Waals surface area contributed by atoms with Gasteiger partial charge in [0.1, 0.15) is 0 Å². The molecule has 0 aliphatic carbocycles. The summed E-state index contributed by atoms with van der Waals surface area (Å²) in [5.74, 6) is 0.657. The predicted octanol–water partition coefficient (Wildman–Crippen LogP) is 5.77. The maximum Gasteiger partial charge on any atom is 0.277 e. The molecule has 4 aromatic rings. The number of hydrogen-bond donors (Lipinski definition) is 2. The van der Waals surface area contributed by atoms with Crippen molar-refractivity contribution >= 4 is 34.3 Å². The number of fused-ring (bicyclic) bond motifs is 1. The lowest BCUT2D eigenvalue weighted by Crippen LogP contribution is -2.23. The fourth-order valence-corrected chi connectivity index (χ4v) is 4.07. The quantitative estimate of drug-likeness (QED) is 0.387. The summed E-state index contributed by atoms with van der Waals surface area (Å²) in [6, 6.07) is 14.0. The molecule has 1 amide bonds. The Morgan fingerprint density at radius 1 is 1.10 bits per heavy atom. The van der Waals surface area contributed by atoms with Gasteiger partial charge >= 0.3 is 0 Å². The average Bonchev–Trinajstić information content (AvgIpc) is 3.35. The van der Waals surface area contributed by atoms with Crippen LogP contribution in [0.4, 0.5) is 5.69 Å². The number of carbonyl (C=O) groups is 1. The molecule has 0 radical (unpaired) electrons. The molecule has 2 heterocycles. The summed E-state index contributed by atoms with van der Waals surface area (Å²) in [5.41, 5.74) is 4.91. The summed E-state index contributed by atoms with van der Waals surface area (Å²) < 4.78 is 5.83. The molecule has 0 aliphatic heterocycles. The van der Waals surface area contributed by atoms with Crippen LogP contribution >= 0.6 is 11.8 Å². The highest BCUT2D eigenvalue weighted by molar-refractivity contribution is 8.00. The molecule has 0 spiro atoms. The summed E-state index contributed by atoms with van der Waals surface area (Å²) in [5, 5.41) is 12.4. The van der Waals surface area contributed by atoms with Gasteiger partial charge in [-0.05, 0) is 37.0 Å². The minimum atomic E-state index is -0.388. The Balaban J connectivity index is 1.49. The van der Waals surface area contributed by atoms with Crippen molar-refractivity contribution < 1.29 is 9.21 Å². The van der Waals surface area contributed by atoms with E-state index in [9.17, 15) is 4.79 Å². The molecule has 1 atom stereocenters. The van der Waals surface area contributed by atoms with Crippen LogP contribution in [-0.4, -0.2) is 26.3 Å². The molecular weight excluding hydrogens is 396 g/mol. The number of anilines is 1. The first kappa shape index (κ1) is 20.2. The van der Waals surface area contributed by atoms with Crippen LogP contribution in [0.1, 0.15) is 37.8 Å². The smallest absolute Gasteiger partial charge is 0.277 e. The second kappa shape index (κ2) is 8.36. The van der Waals surface area contributed by atoms with E-state index in [4.69, 9.17) is 4.42 Å². The summed E-state index contributed by atoms with van der Waals surface area (Å²) in [6.45, 7) is 8.08. The van der Waals surface area contributed by atoms with Crippen LogP contribution in [0.25, 0.3) is 22.4 Å². The van der Waals surface area contributed by atoms with Crippen molar-refractivity contribution in [3.05, 3.63) is 59.8 Å². The van der Waals surface area contributed by atoms with Crippen molar-refractivity contribution in [2.24, 2.45) is 0 Å². The molecule has 0 aliphatic rings. The molecule has 0 bridgehead atoms. The normalized spacial score (nSPS) is 12.4. The van der Waals surface area contributed by atoms with E-state index < -0.39 is 0 Å². The Kier molecular flexibility index (Phi) is 5.63. The fourth-order valence-electron chi connectivity index (χ4n) is 3.39. The summed E-state index contributed by atoms with van der Waals surface area (Å²) in [6.07, 6.45) is 1.86. The van der Waals surface area contributed by atoms with E-state index in [0.29, 0.717) is 17.0 Å². The van der Waals surface area contributed by atoms with Crippen LogP contribution in [0, 0.1) is 6.92 Å². The van der Waals surface area contributed by atoms with Crippen molar-refractivity contribution in [3.8, 4) is 11.5 Å². The van der Waals surface area contributed by atoms with Gasteiger partial charge in [-0.25, -0.2) is 0 Å². The van der Waals surface area contributed by atoms with Gasteiger partial charge in [0.05, 0.1) is 10.8 Å². The van der Waals surface area contributed by atoms with Crippen LogP contribution in [0.15, 0.2) is 58.3 Å². The summed E-state index contributed by atoms with van der Waals surface area (Å²) >= 11 is 1.25. The number of thioether (sulfide) groups is 1. The molecule has 4 rings (SSSR count). The zero-order valence-corrected chi connectivity index (χ0v) is 18.2. The molecule has 0 fully saturated rings. The van der Waals surface area contributed by atoms with E-state index in [0.717, 1.165) is 33.3 Å². The molecule has 2 aromatic heterocycles. The monoisotopic (exact) mass is 420 g/mol. The van der Waals surface area contributed by atoms with Crippen molar-refractivity contribution in [1.82, 2.24) is 15.2 Å². The molecule has 154 valence electrons. The number of aryl methyl sites for hydroxylation is 1. The first-order chi connectivity index (χ1) is 14.4. The fraction of sp³-hybridized carbons (Fsp3) is 0.261. The number of para-hydroxylation sites is 2. The van der Waals surface area contributed by atoms with E-state index in [-0.39, 0.29) is 11.2 Å². The van der Waals surface area contributed by atoms with E-state index in [1.807, 2.05) is 56.4 Å². The topological polar surface area (TPSA) is 83.8 Å². The second-order valence-corrected chi connectivity index (χ2v) is 8.86. The molecule has 2 N–H and O–H groups in total. The van der Waals surface area contributed by atoms with Gasteiger partial charge in [-0.3, -0.25) is 4.79 Å². The van der Waals surface area contributed by atoms with Gasteiger partial charge in [-0.15, -0.1) is 10.2 Å². The first-order valence-corrected chi connectivity index (χ1v) is 10.8. The number of nitrogens with zero attached hydrogens (tertiary/aromatic N) is 2. The lowest BCUT2D eigenvalue weighted by molar-refractivity contribution is -0.115. The van der Waals surface area contributed by atoms with Gasteiger partial charge in [0, 0.05) is 22.8 Å².